The molecule has 0 atom stereocenters. The number of fused-ring (bicyclic) bond motifs is 1. The molecule has 2 heterocycles. The van der Waals surface area contributed by atoms with Gasteiger partial charge in [-0.3, -0.25) is 9.48 Å². The zero-order chi connectivity index (χ0) is 24.3. The van der Waals surface area contributed by atoms with E-state index < -0.39 is 10.0 Å². The number of aryl methyl sites for hydroxylation is 2. The van der Waals surface area contributed by atoms with Crippen LogP contribution >= 0.6 is 0 Å². The second kappa shape index (κ2) is 9.78. The molecule has 1 N–H and O–H groups in total. The molecule has 0 aliphatic carbocycles. The summed E-state index contributed by atoms with van der Waals surface area (Å²) in [5, 5.41) is 7.26. The van der Waals surface area contributed by atoms with Crippen LogP contribution in [-0.4, -0.2) is 52.1 Å². The molecule has 0 radical (unpaired) electrons. The van der Waals surface area contributed by atoms with Crippen molar-refractivity contribution in [3.05, 3.63) is 72.2 Å². The van der Waals surface area contributed by atoms with Crippen LogP contribution in [-0.2, 0) is 34.3 Å². The van der Waals surface area contributed by atoms with Crippen LogP contribution in [0.4, 0.5) is 5.82 Å². The third kappa shape index (κ3) is 5.02. The molecular weight excluding hydrogens is 452 g/mol. The number of amides is 1. The second-order valence-corrected chi connectivity index (χ2v) is 10.3. The standard InChI is InChI=1S/C24H28N6O3S/c1-4-30-21-11-10-19(34(32,33)28(2)3)16-20(21)25-23(30)12-13-24(31)26-22-14-15-29(27-22)17-18-8-6-5-7-9-18/h5-11,14-16H,4,12-13,17H2,1-3H3,(H,26,27,31). The number of anilines is 1. The fourth-order valence-electron chi connectivity index (χ4n) is 3.79. The minimum Gasteiger partial charge on any atom is -0.328 e. The topological polar surface area (TPSA) is 102 Å². The normalized spacial score (nSPS) is 11.9. The van der Waals surface area contributed by atoms with E-state index in [1.807, 2.05) is 48.0 Å². The molecule has 4 rings (SSSR count). The maximum Gasteiger partial charge on any atom is 0.242 e. The van der Waals surface area contributed by atoms with Crippen LogP contribution < -0.4 is 5.32 Å². The number of hydrogen-bond acceptors (Lipinski definition) is 5. The van der Waals surface area contributed by atoms with Crippen LogP contribution in [0.1, 0.15) is 24.7 Å². The predicted molar refractivity (Wildman–Crippen MR) is 131 cm³/mol. The zero-order valence-electron chi connectivity index (χ0n) is 19.5. The largest absolute Gasteiger partial charge is 0.328 e. The van der Waals surface area contributed by atoms with Gasteiger partial charge in [0.2, 0.25) is 15.9 Å². The summed E-state index contributed by atoms with van der Waals surface area (Å²) in [5.74, 6) is 1.08. The van der Waals surface area contributed by atoms with Crippen LogP contribution in [0.3, 0.4) is 0 Å². The summed E-state index contributed by atoms with van der Waals surface area (Å²) in [6, 6.07) is 16.7. The van der Waals surface area contributed by atoms with E-state index in [9.17, 15) is 13.2 Å². The summed E-state index contributed by atoms with van der Waals surface area (Å²) >= 11 is 0. The number of sulfonamides is 1. The third-order valence-electron chi connectivity index (χ3n) is 5.56. The van der Waals surface area contributed by atoms with Gasteiger partial charge in [-0.25, -0.2) is 17.7 Å². The lowest BCUT2D eigenvalue weighted by Crippen LogP contribution is -2.22. The fraction of sp³-hybridized carbons (Fsp3) is 0.292. The van der Waals surface area contributed by atoms with E-state index in [1.54, 1.807) is 28.9 Å². The molecule has 9 nitrogen and oxygen atoms in total. The lowest BCUT2D eigenvalue weighted by atomic mass is 10.2. The van der Waals surface area contributed by atoms with Crippen LogP contribution in [0.2, 0.25) is 0 Å². The van der Waals surface area contributed by atoms with Crippen molar-refractivity contribution in [1.82, 2.24) is 23.6 Å². The minimum absolute atomic E-state index is 0.157. The number of benzene rings is 2. The quantitative estimate of drug-likeness (QED) is 0.397. The molecule has 34 heavy (non-hydrogen) atoms. The van der Waals surface area contributed by atoms with Crippen LogP contribution in [0, 0.1) is 0 Å². The Morgan fingerprint density at radius 3 is 2.56 bits per heavy atom. The summed E-state index contributed by atoms with van der Waals surface area (Å²) in [4.78, 5) is 17.4. The van der Waals surface area contributed by atoms with Gasteiger partial charge in [0.05, 0.1) is 22.5 Å². The fourth-order valence-corrected chi connectivity index (χ4v) is 4.71. The van der Waals surface area contributed by atoms with Gasteiger partial charge in [0.1, 0.15) is 5.82 Å². The molecule has 178 valence electrons. The Balaban J connectivity index is 1.43. The molecule has 0 aliphatic rings. The Kier molecular flexibility index (Phi) is 6.80. The van der Waals surface area contributed by atoms with E-state index in [0.717, 1.165) is 16.9 Å². The molecule has 0 fully saturated rings. The van der Waals surface area contributed by atoms with Gasteiger partial charge < -0.3 is 9.88 Å². The Hall–Kier alpha value is -3.50. The Bertz CT molecular complexity index is 1410. The van der Waals surface area contributed by atoms with E-state index >= 15 is 0 Å². The van der Waals surface area contributed by atoms with Gasteiger partial charge in [-0.05, 0) is 30.7 Å². The molecule has 0 aliphatic heterocycles. The van der Waals surface area contributed by atoms with E-state index in [2.05, 4.69) is 15.4 Å². The van der Waals surface area contributed by atoms with Gasteiger partial charge in [0.25, 0.3) is 0 Å². The van der Waals surface area contributed by atoms with E-state index in [0.29, 0.717) is 30.8 Å². The Morgan fingerprint density at radius 1 is 1.09 bits per heavy atom. The molecule has 0 spiro atoms. The Morgan fingerprint density at radius 2 is 1.85 bits per heavy atom. The number of hydrogen-bond donors (Lipinski definition) is 1. The molecule has 0 unspecified atom stereocenters. The van der Waals surface area contributed by atoms with E-state index in [-0.39, 0.29) is 17.2 Å². The first kappa shape index (κ1) is 23.7. The first-order chi connectivity index (χ1) is 16.3. The molecule has 2 aromatic carbocycles. The molecule has 10 heteroatoms. The van der Waals surface area contributed by atoms with Gasteiger partial charge in [-0.2, -0.15) is 5.10 Å². The lowest BCUT2D eigenvalue weighted by Gasteiger charge is -2.11. The van der Waals surface area contributed by atoms with Crippen molar-refractivity contribution in [2.45, 2.75) is 37.8 Å². The van der Waals surface area contributed by atoms with Gasteiger partial charge in [0.15, 0.2) is 5.82 Å². The maximum absolute atomic E-state index is 12.5. The van der Waals surface area contributed by atoms with E-state index in [4.69, 9.17) is 0 Å². The summed E-state index contributed by atoms with van der Waals surface area (Å²) in [6.07, 6.45) is 2.49. The third-order valence-corrected chi connectivity index (χ3v) is 7.38. The molecule has 0 saturated heterocycles. The molecular formula is C24H28N6O3S. The second-order valence-electron chi connectivity index (χ2n) is 8.14. The number of nitrogens with one attached hydrogen (secondary N) is 1. The average molecular weight is 481 g/mol. The predicted octanol–water partition coefficient (Wildman–Crippen LogP) is 3.12. The highest BCUT2D eigenvalue weighted by Crippen LogP contribution is 2.23. The van der Waals surface area contributed by atoms with Crippen molar-refractivity contribution in [3.8, 4) is 0 Å². The van der Waals surface area contributed by atoms with Crippen molar-refractivity contribution >= 4 is 32.8 Å². The highest BCUT2D eigenvalue weighted by Gasteiger charge is 2.20. The lowest BCUT2D eigenvalue weighted by molar-refractivity contribution is -0.116. The zero-order valence-corrected chi connectivity index (χ0v) is 20.3. The van der Waals surface area contributed by atoms with Crippen LogP contribution in [0.5, 0.6) is 0 Å². The molecule has 2 aromatic heterocycles. The Labute approximate surface area is 199 Å². The first-order valence-corrected chi connectivity index (χ1v) is 12.5. The van der Waals surface area contributed by atoms with Crippen molar-refractivity contribution in [3.63, 3.8) is 0 Å². The number of carbonyl (C=O) groups excluding carboxylic acids is 1. The molecule has 4 aromatic rings. The highest BCUT2D eigenvalue weighted by atomic mass is 32.2. The number of carbonyl (C=O) groups is 1. The van der Waals surface area contributed by atoms with E-state index in [1.165, 1.54) is 18.4 Å². The highest BCUT2D eigenvalue weighted by molar-refractivity contribution is 7.89. The molecule has 0 bridgehead atoms. The van der Waals surface area contributed by atoms with Crippen molar-refractivity contribution in [2.24, 2.45) is 0 Å². The minimum atomic E-state index is -3.55. The monoisotopic (exact) mass is 480 g/mol. The number of imidazole rings is 1. The maximum atomic E-state index is 12.5. The van der Waals surface area contributed by atoms with Crippen molar-refractivity contribution in [1.29, 1.82) is 0 Å². The first-order valence-electron chi connectivity index (χ1n) is 11.1. The SMILES string of the molecule is CCn1c(CCC(=O)Nc2ccn(Cc3ccccc3)n2)nc2cc(S(=O)(=O)N(C)C)ccc21. The van der Waals surface area contributed by atoms with Gasteiger partial charge in [0, 0.05) is 45.7 Å². The summed E-state index contributed by atoms with van der Waals surface area (Å²) in [6.45, 7) is 3.29. The summed E-state index contributed by atoms with van der Waals surface area (Å²) < 4.78 is 29.9. The number of rotatable bonds is 9. The van der Waals surface area contributed by atoms with Gasteiger partial charge in [-0.1, -0.05) is 30.3 Å². The molecule has 0 saturated carbocycles. The van der Waals surface area contributed by atoms with Crippen molar-refractivity contribution in [2.75, 3.05) is 19.4 Å². The van der Waals surface area contributed by atoms with Gasteiger partial charge >= 0.3 is 0 Å². The number of aromatic nitrogens is 4. The number of nitrogens with zero attached hydrogens (tertiary/aromatic N) is 5. The summed E-state index contributed by atoms with van der Waals surface area (Å²) in [7, 11) is -0.548. The van der Waals surface area contributed by atoms with Crippen LogP contribution in [0.25, 0.3) is 11.0 Å². The molecule has 1 amide bonds. The summed E-state index contributed by atoms with van der Waals surface area (Å²) in [5.41, 5.74) is 2.57. The smallest absolute Gasteiger partial charge is 0.242 e. The van der Waals surface area contributed by atoms with Gasteiger partial charge in [-0.15, -0.1) is 0 Å². The average Bonchev–Trinajstić information content (AvgIpc) is 3.40. The van der Waals surface area contributed by atoms with Crippen molar-refractivity contribution < 1.29 is 13.2 Å². The van der Waals surface area contributed by atoms with Crippen LogP contribution in [0.15, 0.2) is 65.7 Å².